The van der Waals surface area contributed by atoms with Gasteiger partial charge in [0, 0.05) is 33.4 Å². The Labute approximate surface area is 396 Å². The van der Waals surface area contributed by atoms with Crippen LogP contribution in [0.4, 0.5) is 0 Å². The van der Waals surface area contributed by atoms with Crippen LogP contribution in [-0.4, -0.2) is 89.6 Å². The number of unbranched alkanes of at least 4 members (excludes halogenated alkanes) is 9. The van der Waals surface area contributed by atoms with Crippen LogP contribution >= 0.6 is 0 Å². The van der Waals surface area contributed by atoms with Gasteiger partial charge in [-0.1, -0.05) is 135 Å². The Morgan fingerprint density at radius 2 is 1.44 bits per heavy atom. The van der Waals surface area contributed by atoms with Crippen LogP contribution in [0, 0.1) is 46.3 Å². The number of likely N-dealkylation sites (tertiary alicyclic amines) is 1. The first-order valence-electron chi connectivity index (χ1n) is 27.8. The molecular weight excluding hydrogens is 791 g/mol. The highest BCUT2D eigenvalue weighted by atomic mass is 16.6. The predicted molar refractivity (Wildman–Crippen MR) is 270 cm³/mol. The van der Waals surface area contributed by atoms with Gasteiger partial charge in [0.1, 0.15) is 0 Å². The molecule has 1 saturated heterocycles. The Morgan fingerprint density at radius 1 is 0.703 bits per heavy atom. The van der Waals surface area contributed by atoms with Gasteiger partial charge in [0.25, 0.3) is 0 Å². The van der Waals surface area contributed by atoms with Gasteiger partial charge in [0.15, 0.2) is 0 Å². The first-order valence-corrected chi connectivity index (χ1v) is 27.8. The van der Waals surface area contributed by atoms with E-state index in [-0.39, 0.29) is 6.10 Å². The maximum absolute atomic E-state index is 6.53. The highest BCUT2D eigenvalue weighted by Gasteiger charge is 2.59. The predicted octanol–water partition coefficient (Wildman–Crippen LogP) is 14.8. The van der Waals surface area contributed by atoms with Gasteiger partial charge >= 0.3 is 0 Å². The molecule has 370 valence electrons. The number of nitrogens with zero attached hydrogens (tertiary/aromatic N) is 1. The van der Waals surface area contributed by atoms with Crippen molar-refractivity contribution < 1.29 is 23.7 Å². The molecule has 0 aromatic carbocycles. The van der Waals surface area contributed by atoms with Crippen LogP contribution < -0.4 is 0 Å². The number of rotatable bonds is 33. The molecule has 64 heavy (non-hydrogen) atoms. The standard InChI is InChI=1S/C58H103NO5/c1-8-9-10-11-12-13-14-15-16-17-18-19-20-21-22-23-39-62-46-52(45-59-37-33-50(60-7)34-38-59)64-43-41-61-40-42-63-51-31-35-57(5)49(44-51)27-28-53-55-30-29-54(48(4)26-24-25-47(2)3)58(55,6)36-32-56(53)57/h12-13,15-16,27,47-48,50-56H,8-11,14,17-26,28-46H2,1-7H3/b13-12-,16-15-/t48-,51+,52?,53?,54-,55?,56?,57+,58-/m1/s1. The van der Waals surface area contributed by atoms with Crippen LogP contribution in [0.3, 0.4) is 0 Å². The number of piperidine rings is 1. The summed E-state index contributed by atoms with van der Waals surface area (Å²) in [5, 5.41) is 0. The molecule has 0 aromatic heterocycles. The minimum Gasteiger partial charge on any atom is -0.381 e. The highest BCUT2D eigenvalue weighted by molar-refractivity contribution is 5.25. The summed E-state index contributed by atoms with van der Waals surface area (Å²) in [5.41, 5.74) is 2.66. The summed E-state index contributed by atoms with van der Waals surface area (Å²) in [7, 11) is 1.84. The minimum atomic E-state index is 0.0691. The third kappa shape index (κ3) is 17.2. The topological polar surface area (TPSA) is 49.4 Å². The van der Waals surface area contributed by atoms with Crippen molar-refractivity contribution in [3.8, 4) is 0 Å². The lowest BCUT2D eigenvalue weighted by molar-refractivity contribution is -0.0748. The molecule has 3 saturated carbocycles. The van der Waals surface area contributed by atoms with E-state index in [9.17, 15) is 0 Å². The van der Waals surface area contributed by atoms with Crippen molar-refractivity contribution in [2.24, 2.45) is 46.3 Å². The molecule has 9 atom stereocenters. The lowest BCUT2D eigenvalue weighted by Crippen LogP contribution is -2.51. The maximum Gasteiger partial charge on any atom is 0.0936 e. The zero-order chi connectivity index (χ0) is 45.5. The lowest BCUT2D eigenvalue weighted by atomic mass is 9.47. The quantitative estimate of drug-likeness (QED) is 0.0483. The van der Waals surface area contributed by atoms with Gasteiger partial charge in [-0.25, -0.2) is 0 Å². The van der Waals surface area contributed by atoms with Crippen LogP contribution in [-0.2, 0) is 23.7 Å². The van der Waals surface area contributed by atoms with Gasteiger partial charge in [-0.05, 0) is 149 Å². The second kappa shape index (κ2) is 29.8. The van der Waals surface area contributed by atoms with Crippen molar-refractivity contribution >= 4 is 0 Å². The average Bonchev–Trinajstić information content (AvgIpc) is 3.65. The van der Waals surface area contributed by atoms with E-state index in [1.54, 1.807) is 5.57 Å². The van der Waals surface area contributed by atoms with E-state index >= 15 is 0 Å². The smallest absolute Gasteiger partial charge is 0.0936 e. The molecule has 1 heterocycles. The second-order valence-corrected chi connectivity index (χ2v) is 22.5. The third-order valence-corrected chi connectivity index (χ3v) is 17.5. The van der Waals surface area contributed by atoms with Crippen molar-refractivity contribution in [3.05, 3.63) is 36.0 Å². The molecule has 6 heteroatoms. The van der Waals surface area contributed by atoms with Crippen LogP contribution in [0.5, 0.6) is 0 Å². The normalized spacial score (nSPS) is 29.9. The highest BCUT2D eigenvalue weighted by Crippen LogP contribution is 2.67. The van der Waals surface area contributed by atoms with Gasteiger partial charge in [0.05, 0.1) is 51.3 Å². The van der Waals surface area contributed by atoms with E-state index in [0.29, 0.717) is 56.1 Å². The molecule has 1 aliphatic heterocycles. The molecule has 0 bridgehead atoms. The van der Waals surface area contributed by atoms with E-state index in [1.807, 2.05) is 7.11 Å². The van der Waals surface area contributed by atoms with E-state index in [2.05, 4.69) is 76.8 Å². The molecule has 5 aliphatic rings. The Bertz CT molecular complexity index is 1320. The molecule has 4 unspecified atom stereocenters. The van der Waals surface area contributed by atoms with E-state index in [4.69, 9.17) is 23.7 Å². The van der Waals surface area contributed by atoms with Crippen molar-refractivity contribution in [2.75, 3.05) is 66.4 Å². The number of allylic oxidation sites excluding steroid dienone is 5. The zero-order valence-corrected chi connectivity index (χ0v) is 43.1. The lowest BCUT2D eigenvalue weighted by Gasteiger charge is -2.58. The third-order valence-electron chi connectivity index (χ3n) is 17.5. The summed E-state index contributed by atoms with van der Waals surface area (Å²) >= 11 is 0. The van der Waals surface area contributed by atoms with E-state index in [0.717, 1.165) is 93.9 Å². The monoisotopic (exact) mass is 894 g/mol. The summed E-state index contributed by atoms with van der Waals surface area (Å²) in [6.07, 6.45) is 45.3. The Hall–Kier alpha value is -1.02. The number of hydrogen-bond acceptors (Lipinski definition) is 6. The van der Waals surface area contributed by atoms with E-state index in [1.165, 1.54) is 128 Å². The summed E-state index contributed by atoms with van der Waals surface area (Å²) in [4.78, 5) is 2.53. The van der Waals surface area contributed by atoms with Crippen LogP contribution in [0.15, 0.2) is 36.0 Å². The molecule has 0 radical (unpaired) electrons. The number of hydrogen-bond donors (Lipinski definition) is 0. The van der Waals surface area contributed by atoms with Gasteiger partial charge < -0.3 is 28.6 Å². The summed E-state index contributed by atoms with van der Waals surface area (Å²) < 4.78 is 30.9. The van der Waals surface area contributed by atoms with Crippen LogP contribution in [0.2, 0.25) is 0 Å². The Morgan fingerprint density at radius 3 is 2.19 bits per heavy atom. The average molecular weight is 894 g/mol. The molecule has 0 amide bonds. The maximum atomic E-state index is 6.53. The van der Waals surface area contributed by atoms with Crippen molar-refractivity contribution in [3.63, 3.8) is 0 Å². The van der Waals surface area contributed by atoms with Crippen molar-refractivity contribution in [2.45, 2.75) is 220 Å². The number of fused-ring (bicyclic) bond motifs is 5. The van der Waals surface area contributed by atoms with Gasteiger partial charge in [-0.3, -0.25) is 0 Å². The molecular formula is C58H103NO5. The van der Waals surface area contributed by atoms with Crippen LogP contribution in [0.25, 0.3) is 0 Å². The first-order chi connectivity index (χ1) is 31.2. The van der Waals surface area contributed by atoms with Crippen molar-refractivity contribution in [1.29, 1.82) is 0 Å². The van der Waals surface area contributed by atoms with Crippen LogP contribution in [0.1, 0.15) is 202 Å². The fourth-order valence-corrected chi connectivity index (χ4v) is 13.6. The molecule has 4 aliphatic carbocycles. The fourth-order valence-electron chi connectivity index (χ4n) is 13.6. The number of ether oxygens (including phenoxy) is 5. The molecule has 6 nitrogen and oxygen atoms in total. The Balaban J connectivity index is 0.929. The summed E-state index contributed by atoms with van der Waals surface area (Å²) in [6, 6.07) is 0. The largest absolute Gasteiger partial charge is 0.381 e. The second-order valence-electron chi connectivity index (χ2n) is 22.5. The minimum absolute atomic E-state index is 0.0691. The molecule has 0 aromatic rings. The summed E-state index contributed by atoms with van der Waals surface area (Å²) in [5.74, 6) is 5.34. The molecule has 4 fully saturated rings. The number of methoxy groups -OCH3 is 1. The van der Waals surface area contributed by atoms with E-state index < -0.39 is 0 Å². The van der Waals surface area contributed by atoms with Gasteiger partial charge in [-0.2, -0.15) is 0 Å². The van der Waals surface area contributed by atoms with Crippen molar-refractivity contribution in [1.82, 2.24) is 4.90 Å². The Kier molecular flexibility index (Phi) is 25.1. The zero-order valence-electron chi connectivity index (χ0n) is 43.1. The van der Waals surface area contributed by atoms with Gasteiger partial charge in [0.2, 0.25) is 0 Å². The van der Waals surface area contributed by atoms with Gasteiger partial charge in [-0.15, -0.1) is 0 Å². The SMILES string of the molecule is CCCCC/C=C\C/C=C\CCCCCCCCOCC(CN1CCC(OC)CC1)OCCOCCO[C@H]1CC[C@@]2(C)C(=CCC3C2CC[C@@]2(C)C3CC[C@@H]2[C@H](C)CCCC(C)C)C1. The molecule has 0 spiro atoms. The molecule has 5 rings (SSSR count). The fraction of sp³-hybridized carbons (Fsp3) is 0.897. The summed E-state index contributed by atoms with van der Waals surface area (Å²) in [6.45, 7) is 22.1. The molecule has 0 N–H and O–H groups in total. The first kappa shape index (κ1) is 53.9.